The summed E-state index contributed by atoms with van der Waals surface area (Å²) in [7, 11) is -15.2. The lowest BCUT2D eigenvalue weighted by atomic mass is 10.1. The van der Waals surface area contributed by atoms with Crippen LogP contribution in [0, 0.1) is 10.1 Å². The van der Waals surface area contributed by atoms with E-state index in [1.54, 1.807) is 20.8 Å². The second-order valence-electron chi connectivity index (χ2n) is 11.3. The molecule has 47 heavy (non-hydrogen) atoms. The fourth-order valence-electron chi connectivity index (χ4n) is 4.08. The standard InChI is InChI=1S/C25H32N6O12S4/c1-25(2,3)29-46(40,41)22-15-20(23-17(24(22)32)8-6-9-19(23)28-47(42,43)30(4)5)27-26-18-11-10-16(31(33)34)14-21(18)44(35,36)12-7-13-45(37,38)39/h6,8-11,14-15,28-29,32H,7,12-13H2,1-5H3,(H,37,38,39). The first-order valence-electron chi connectivity index (χ1n) is 13.3. The summed E-state index contributed by atoms with van der Waals surface area (Å²) >= 11 is 0. The van der Waals surface area contributed by atoms with E-state index < -0.39 is 95.5 Å². The average molecular weight is 737 g/mol. The molecule has 0 aliphatic heterocycles. The molecule has 0 saturated carbocycles. The number of azo groups is 1. The van der Waals surface area contributed by atoms with Gasteiger partial charge in [0, 0.05) is 42.5 Å². The van der Waals surface area contributed by atoms with Crippen molar-refractivity contribution in [3.05, 3.63) is 52.6 Å². The highest BCUT2D eigenvalue weighted by molar-refractivity contribution is 7.91. The van der Waals surface area contributed by atoms with Gasteiger partial charge in [0.15, 0.2) is 9.84 Å². The highest BCUT2D eigenvalue weighted by Crippen LogP contribution is 2.43. The minimum atomic E-state index is -4.52. The molecular formula is C25H32N6O12S4. The molecule has 0 amide bonds. The van der Waals surface area contributed by atoms with E-state index in [1.807, 2.05) is 0 Å². The van der Waals surface area contributed by atoms with Crippen molar-refractivity contribution >= 4 is 73.7 Å². The van der Waals surface area contributed by atoms with Gasteiger partial charge < -0.3 is 5.11 Å². The molecule has 0 spiro atoms. The molecule has 0 unspecified atom stereocenters. The van der Waals surface area contributed by atoms with Gasteiger partial charge in [-0.3, -0.25) is 19.4 Å². The van der Waals surface area contributed by atoms with Crippen molar-refractivity contribution < 1.29 is 48.3 Å². The maximum atomic E-state index is 13.3. The van der Waals surface area contributed by atoms with E-state index in [-0.39, 0.29) is 22.1 Å². The monoisotopic (exact) mass is 736 g/mol. The zero-order valence-electron chi connectivity index (χ0n) is 25.6. The molecular weight excluding hydrogens is 705 g/mol. The molecule has 0 radical (unpaired) electrons. The normalized spacial score (nSPS) is 13.4. The van der Waals surface area contributed by atoms with Crippen molar-refractivity contribution in [2.24, 2.45) is 10.2 Å². The summed E-state index contributed by atoms with van der Waals surface area (Å²) in [4.78, 5) is 9.13. The molecule has 0 aliphatic carbocycles. The number of benzene rings is 3. The van der Waals surface area contributed by atoms with E-state index >= 15 is 0 Å². The number of nitrogens with one attached hydrogen (secondary N) is 2. The van der Waals surface area contributed by atoms with E-state index in [0.717, 1.165) is 22.5 Å². The Hall–Kier alpha value is -3.80. The number of aromatic hydroxyl groups is 1. The fraction of sp³-hybridized carbons (Fsp3) is 0.360. The molecule has 0 saturated heterocycles. The van der Waals surface area contributed by atoms with E-state index in [2.05, 4.69) is 19.7 Å². The second kappa shape index (κ2) is 13.4. The third-order valence-electron chi connectivity index (χ3n) is 6.10. The molecule has 0 atom stereocenters. The van der Waals surface area contributed by atoms with Gasteiger partial charge >= 0.3 is 10.2 Å². The first-order valence-corrected chi connectivity index (χ1v) is 19.4. The molecule has 0 bridgehead atoms. The average Bonchev–Trinajstić information content (AvgIpc) is 2.90. The fourth-order valence-corrected chi connectivity index (χ4v) is 8.42. The predicted molar refractivity (Wildman–Crippen MR) is 172 cm³/mol. The Morgan fingerprint density at radius 3 is 2.06 bits per heavy atom. The first kappa shape index (κ1) is 37.7. The van der Waals surface area contributed by atoms with E-state index in [0.29, 0.717) is 6.07 Å². The highest BCUT2D eigenvalue weighted by atomic mass is 32.2. The third kappa shape index (κ3) is 9.39. The number of non-ortho nitro benzene ring substituents is 1. The summed E-state index contributed by atoms with van der Waals surface area (Å²) in [5.74, 6) is -2.54. The minimum Gasteiger partial charge on any atom is -0.506 e. The zero-order chi connectivity index (χ0) is 35.8. The molecule has 4 N–H and O–H groups in total. The maximum Gasteiger partial charge on any atom is 0.301 e. The number of phenols is 1. The van der Waals surface area contributed by atoms with Crippen LogP contribution in [0.15, 0.2) is 62.5 Å². The Kier molecular flexibility index (Phi) is 10.7. The quantitative estimate of drug-likeness (QED) is 0.0852. The number of sulfone groups is 1. The number of phenolic OH excluding ortho intramolecular Hbond substituents is 1. The number of nitro groups is 1. The number of nitro benzene ring substituents is 1. The summed E-state index contributed by atoms with van der Waals surface area (Å²) in [5, 5.41) is 30.2. The largest absolute Gasteiger partial charge is 0.506 e. The smallest absolute Gasteiger partial charge is 0.301 e. The van der Waals surface area contributed by atoms with Crippen LogP contribution in [0.2, 0.25) is 0 Å². The van der Waals surface area contributed by atoms with E-state index in [4.69, 9.17) is 4.55 Å². The molecule has 18 nitrogen and oxygen atoms in total. The number of nitrogens with zero attached hydrogens (tertiary/aromatic N) is 4. The Morgan fingerprint density at radius 1 is 0.894 bits per heavy atom. The van der Waals surface area contributed by atoms with Crippen LogP contribution in [0.4, 0.5) is 22.7 Å². The Labute approximate surface area is 271 Å². The SMILES string of the molecule is CN(C)S(=O)(=O)Nc1cccc2c(O)c(S(=O)(=O)NC(C)(C)C)cc(N=Nc3ccc([N+](=O)[O-])cc3S(=O)(=O)CCCS(=O)(=O)O)c12. The summed E-state index contributed by atoms with van der Waals surface area (Å²) in [5.41, 5.74) is -2.68. The molecule has 0 heterocycles. The van der Waals surface area contributed by atoms with Gasteiger partial charge in [0.1, 0.15) is 21.2 Å². The summed E-state index contributed by atoms with van der Waals surface area (Å²) in [6.45, 7) is 4.64. The van der Waals surface area contributed by atoms with Crippen molar-refractivity contribution in [1.29, 1.82) is 0 Å². The molecule has 0 fully saturated rings. The van der Waals surface area contributed by atoms with Gasteiger partial charge in [-0.25, -0.2) is 21.6 Å². The molecule has 3 rings (SSSR count). The van der Waals surface area contributed by atoms with E-state index in [1.165, 1.54) is 32.3 Å². The van der Waals surface area contributed by atoms with Gasteiger partial charge in [-0.05, 0) is 45.4 Å². The van der Waals surface area contributed by atoms with Crippen molar-refractivity contribution in [2.45, 2.75) is 42.5 Å². The van der Waals surface area contributed by atoms with E-state index in [9.17, 15) is 48.9 Å². The van der Waals surface area contributed by atoms with Gasteiger partial charge in [0.25, 0.3) is 15.8 Å². The van der Waals surface area contributed by atoms with Crippen LogP contribution in [-0.2, 0) is 40.2 Å². The third-order valence-corrected chi connectivity index (χ3v) is 11.9. The lowest BCUT2D eigenvalue weighted by molar-refractivity contribution is -0.385. The Balaban J connectivity index is 2.36. The molecule has 22 heteroatoms. The van der Waals surface area contributed by atoms with Crippen LogP contribution in [0.5, 0.6) is 5.75 Å². The number of hydrogen-bond donors (Lipinski definition) is 4. The van der Waals surface area contributed by atoms with Crippen molar-refractivity contribution in [1.82, 2.24) is 9.03 Å². The summed E-state index contributed by atoms with van der Waals surface area (Å²) < 4.78 is 115. The van der Waals surface area contributed by atoms with Crippen LogP contribution in [0.1, 0.15) is 27.2 Å². The van der Waals surface area contributed by atoms with Gasteiger partial charge in [0.05, 0.1) is 27.8 Å². The number of sulfonamides is 1. The van der Waals surface area contributed by atoms with Gasteiger partial charge in [-0.1, -0.05) is 12.1 Å². The lowest BCUT2D eigenvalue weighted by Gasteiger charge is -2.22. The molecule has 3 aromatic rings. The van der Waals surface area contributed by atoms with Crippen LogP contribution >= 0.6 is 0 Å². The summed E-state index contributed by atoms with van der Waals surface area (Å²) in [6.07, 6.45) is -0.569. The minimum absolute atomic E-state index is 0.145. The van der Waals surface area contributed by atoms with Crippen molar-refractivity contribution in [3.63, 3.8) is 0 Å². The first-order chi connectivity index (χ1) is 21.3. The molecule has 0 aromatic heterocycles. The number of hydrogen-bond acceptors (Lipinski definition) is 13. The molecule has 0 aliphatic rings. The molecule has 258 valence electrons. The summed E-state index contributed by atoms with van der Waals surface area (Å²) in [6, 6.07) is 7.32. The van der Waals surface area contributed by atoms with Crippen LogP contribution in [0.25, 0.3) is 10.8 Å². The number of fused-ring (bicyclic) bond motifs is 1. The second-order valence-corrected chi connectivity index (χ2v) is 18.5. The topological polar surface area (TPSA) is 272 Å². The van der Waals surface area contributed by atoms with Crippen molar-refractivity contribution in [2.75, 3.05) is 30.3 Å². The lowest BCUT2D eigenvalue weighted by Crippen LogP contribution is -2.40. The Bertz CT molecular complexity index is 2200. The zero-order valence-corrected chi connectivity index (χ0v) is 28.8. The van der Waals surface area contributed by atoms with Crippen molar-refractivity contribution in [3.8, 4) is 5.75 Å². The predicted octanol–water partition coefficient (Wildman–Crippen LogP) is 3.22. The molecule has 3 aromatic carbocycles. The van der Waals surface area contributed by atoms with Crippen LogP contribution in [0.3, 0.4) is 0 Å². The Morgan fingerprint density at radius 2 is 1.51 bits per heavy atom. The van der Waals surface area contributed by atoms with Gasteiger partial charge in [-0.2, -0.15) is 21.1 Å². The van der Waals surface area contributed by atoms with Gasteiger partial charge in [0.2, 0.25) is 10.0 Å². The highest BCUT2D eigenvalue weighted by Gasteiger charge is 2.29. The maximum absolute atomic E-state index is 13.3. The van der Waals surface area contributed by atoms with Crippen LogP contribution in [-0.4, -0.2) is 83.7 Å². The number of anilines is 1. The van der Waals surface area contributed by atoms with Gasteiger partial charge in [-0.15, -0.1) is 10.2 Å². The van der Waals surface area contributed by atoms with Crippen LogP contribution < -0.4 is 9.44 Å². The number of rotatable bonds is 13.